The van der Waals surface area contributed by atoms with Crippen LogP contribution in [0.3, 0.4) is 0 Å². The molecule has 1 aliphatic rings. The van der Waals surface area contributed by atoms with Gasteiger partial charge in [-0.25, -0.2) is 0 Å². The quantitative estimate of drug-likeness (QED) is 0.863. The Labute approximate surface area is 113 Å². The summed E-state index contributed by atoms with van der Waals surface area (Å²) in [5.74, 6) is 1.65. The van der Waals surface area contributed by atoms with Gasteiger partial charge in [0.15, 0.2) is 0 Å². The average molecular weight is 264 g/mol. The van der Waals surface area contributed by atoms with Gasteiger partial charge in [-0.05, 0) is 25.6 Å². The molecule has 1 heterocycles. The lowest BCUT2D eigenvalue weighted by Gasteiger charge is -2.18. The van der Waals surface area contributed by atoms with Crippen LogP contribution in [0.4, 0.5) is 0 Å². The lowest BCUT2D eigenvalue weighted by Crippen LogP contribution is -2.35. The van der Waals surface area contributed by atoms with Gasteiger partial charge in [-0.2, -0.15) is 0 Å². The SMILES string of the molecule is CNC1CCN(Cc2ccc(OC)cc2OC)C1=O. The molecule has 1 fully saturated rings. The minimum atomic E-state index is -0.0516. The third-order valence-electron chi connectivity index (χ3n) is 3.50. The van der Waals surface area contributed by atoms with Crippen molar-refractivity contribution >= 4 is 5.91 Å². The second-order valence-electron chi connectivity index (χ2n) is 4.57. The highest BCUT2D eigenvalue weighted by Crippen LogP contribution is 2.27. The van der Waals surface area contributed by atoms with Crippen molar-refractivity contribution in [2.75, 3.05) is 27.8 Å². The van der Waals surface area contributed by atoms with Crippen molar-refractivity contribution in [1.29, 1.82) is 0 Å². The molecule has 0 aromatic heterocycles. The van der Waals surface area contributed by atoms with Crippen LogP contribution in [0.15, 0.2) is 18.2 Å². The number of benzene rings is 1. The van der Waals surface area contributed by atoms with Crippen LogP contribution in [-0.4, -0.2) is 44.7 Å². The zero-order valence-corrected chi connectivity index (χ0v) is 11.6. The maximum atomic E-state index is 12.1. The number of nitrogens with zero attached hydrogens (tertiary/aromatic N) is 1. The lowest BCUT2D eigenvalue weighted by molar-refractivity contribution is -0.129. The Bertz CT molecular complexity index is 462. The molecule has 1 amide bonds. The number of amides is 1. The van der Waals surface area contributed by atoms with Gasteiger partial charge in [0.25, 0.3) is 0 Å². The van der Waals surface area contributed by atoms with E-state index in [2.05, 4.69) is 5.32 Å². The first-order chi connectivity index (χ1) is 9.19. The molecule has 104 valence electrons. The number of hydrogen-bond acceptors (Lipinski definition) is 4. The number of carbonyl (C=O) groups is 1. The largest absolute Gasteiger partial charge is 0.497 e. The minimum Gasteiger partial charge on any atom is -0.497 e. The van der Waals surface area contributed by atoms with Crippen LogP contribution in [0.25, 0.3) is 0 Å². The molecule has 0 spiro atoms. The van der Waals surface area contributed by atoms with Crippen molar-refractivity contribution in [3.05, 3.63) is 23.8 Å². The molecule has 2 rings (SSSR count). The summed E-state index contributed by atoms with van der Waals surface area (Å²) in [6.07, 6.45) is 0.855. The molecule has 1 N–H and O–H groups in total. The van der Waals surface area contributed by atoms with E-state index in [9.17, 15) is 4.79 Å². The summed E-state index contributed by atoms with van der Waals surface area (Å²) in [5.41, 5.74) is 0.994. The summed E-state index contributed by atoms with van der Waals surface area (Å²) >= 11 is 0. The molecule has 5 heteroatoms. The molecule has 0 saturated carbocycles. The van der Waals surface area contributed by atoms with Gasteiger partial charge < -0.3 is 19.7 Å². The Morgan fingerprint density at radius 3 is 2.74 bits per heavy atom. The van der Waals surface area contributed by atoms with Crippen molar-refractivity contribution in [1.82, 2.24) is 10.2 Å². The minimum absolute atomic E-state index is 0.0516. The number of ether oxygens (including phenoxy) is 2. The molecule has 1 saturated heterocycles. The van der Waals surface area contributed by atoms with Gasteiger partial charge >= 0.3 is 0 Å². The number of nitrogens with one attached hydrogen (secondary N) is 1. The van der Waals surface area contributed by atoms with E-state index in [1.807, 2.05) is 30.1 Å². The molecular formula is C14H20N2O3. The molecule has 1 aliphatic heterocycles. The van der Waals surface area contributed by atoms with E-state index in [-0.39, 0.29) is 11.9 Å². The predicted molar refractivity (Wildman–Crippen MR) is 72.4 cm³/mol. The van der Waals surface area contributed by atoms with Crippen LogP contribution in [-0.2, 0) is 11.3 Å². The molecule has 5 nitrogen and oxygen atoms in total. The van der Waals surface area contributed by atoms with E-state index < -0.39 is 0 Å². The third kappa shape index (κ3) is 2.81. The number of carbonyl (C=O) groups excluding carboxylic acids is 1. The smallest absolute Gasteiger partial charge is 0.240 e. The fourth-order valence-electron chi connectivity index (χ4n) is 2.35. The first-order valence-corrected chi connectivity index (χ1v) is 6.36. The fraction of sp³-hybridized carbons (Fsp3) is 0.500. The van der Waals surface area contributed by atoms with Crippen LogP contribution >= 0.6 is 0 Å². The molecule has 1 aromatic carbocycles. The van der Waals surface area contributed by atoms with E-state index in [1.165, 1.54) is 0 Å². The number of rotatable bonds is 5. The van der Waals surface area contributed by atoms with Gasteiger partial charge in [0.05, 0.1) is 20.3 Å². The predicted octanol–water partition coefficient (Wildman–Crippen LogP) is 1.02. The topological polar surface area (TPSA) is 50.8 Å². The Kier molecular flexibility index (Phi) is 4.27. The number of hydrogen-bond donors (Lipinski definition) is 1. The van der Waals surface area contributed by atoms with E-state index >= 15 is 0 Å². The maximum Gasteiger partial charge on any atom is 0.240 e. The van der Waals surface area contributed by atoms with Crippen molar-refractivity contribution in [2.24, 2.45) is 0 Å². The summed E-state index contributed by atoms with van der Waals surface area (Å²) in [7, 11) is 5.07. The summed E-state index contributed by atoms with van der Waals surface area (Å²) < 4.78 is 10.5. The highest BCUT2D eigenvalue weighted by atomic mass is 16.5. The van der Waals surface area contributed by atoms with E-state index in [0.29, 0.717) is 6.54 Å². The lowest BCUT2D eigenvalue weighted by atomic mass is 10.2. The van der Waals surface area contributed by atoms with Gasteiger partial charge in [-0.3, -0.25) is 4.79 Å². The second kappa shape index (κ2) is 5.93. The number of likely N-dealkylation sites (tertiary alicyclic amines) is 1. The van der Waals surface area contributed by atoms with Crippen molar-refractivity contribution in [3.63, 3.8) is 0 Å². The van der Waals surface area contributed by atoms with Crippen LogP contribution in [0.2, 0.25) is 0 Å². The molecule has 0 bridgehead atoms. The van der Waals surface area contributed by atoms with Gasteiger partial charge in [-0.15, -0.1) is 0 Å². The third-order valence-corrected chi connectivity index (χ3v) is 3.50. The average Bonchev–Trinajstić information content (AvgIpc) is 2.80. The van der Waals surface area contributed by atoms with Gasteiger partial charge in [-0.1, -0.05) is 0 Å². The zero-order valence-electron chi connectivity index (χ0n) is 11.6. The van der Waals surface area contributed by atoms with Crippen molar-refractivity contribution < 1.29 is 14.3 Å². The summed E-state index contributed by atoms with van der Waals surface area (Å²) in [6.45, 7) is 1.35. The molecule has 1 atom stereocenters. The maximum absolute atomic E-state index is 12.1. The van der Waals surface area contributed by atoms with Crippen molar-refractivity contribution in [3.8, 4) is 11.5 Å². The molecule has 19 heavy (non-hydrogen) atoms. The Morgan fingerprint density at radius 1 is 1.37 bits per heavy atom. The Hall–Kier alpha value is -1.75. The van der Waals surface area contributed by atoms with Crippen LogP contribution in [0, 0.1) is 0 Å². The first kappa shape index (κ1) is 13.7. The molecule has 0 radical (unpaired) electrons. The standard InChI is InChI=1S/C14H20N2O3/c1-15-12-6-7-16(14(12)17)9-10-4-5-11(18-2)8-13(10)19-3/h4-5,8,12,15H,6-7,9H2,1-3H3. The van der Waals surface area contributed by atoms with Crippen molar-refractivity contribution in [2.45, 2.75) is 19.0 Å². The van der Waals surface area contributed by atoms with Gasteiger partial charge in [0, 0.05) is 24.7 Å². The molecule has 1 aromatic rings. The van der Waals surface area contributed by atoms with Crippen LogP contribution < -0.4 is 14.8 Å². The first-order valence-electron chi connectivity index (χ1n) is 6.36. The van der Waals surface area contributed by atoms with E-state index in [0.717, 1.165) is 30.0 Å². The number of methoxy groups -OCH3 is 2. The number of likely N-dealkylation sites (N-methyl/N-ethyl adjacent to an activating group) is 1. The Balaban J connectivity index is 2.13. The van der Waals surface area contributed by atoms with Crippen LogP contribution in [0.1, 0.15) is 12.0 Å². The monoisotopic (exact) mass is 264 g/mol. The highest BCUT2D eigenvalue weighted by molar-refractivity contribution is 5.84. The van der Waals surface area contributed by atoms with Crippen LogP contribution in [0.5, 0.6) is 11.5 Å². The normalized spacial score (nSPS) is 18.8. The zero-order chi connectivity index (χ0) is 13.8. The summed E-state index contributed by atoms with van der Waals surface area (Å²) in [4.78, 5) is 13.9. The molecule has 0 aliphatic carbocycles. The second-order valence-corrected chi connectivity index (χ2v) is 4.57. The van der Waals surface area contributed by atoms with E-state index in [1.54, 1.807) is 14.2 Å². The summed E-state index contributed by atoms with van der Waals surface area (Å²) in [5, 5.41) is 3.03. The van der Waals surface area contributed by atoms with Gasteiger partial charge in [0.1, 0.15) is 11.5 Å². The Morgan fingerprint density at radius 2 is 2.16 bits per heavy atom. The van der Waals surface area contributed by atoms with Gasteiger partial charge in [0.2, 0.25) is 5.91 Å². The summed E-state index contributed by atoms with van der Waals surface area (Å²) in [6, 6.07) is 5.61. The van der Waals surface area contributed by atoms with E-state index in [4.69, 9.17) is 9.47 Å². The molecule has 1 unspecified atom stereocenters. The fourth-order valence-corrected chi connectivity index (χ4v) is 2.35. The highest BCUT2D eigenvalue weighted by Gasteiger charge is 2.30. The molecular weight excluding hydrogens is 244 g/mol.